The summed E-state index contributed by atoms with van der Waals surface area (Å²) in [5.41, 5.74) is 0.604. The Morgan fingerprint density at radius 1 is 1.37 bits per heavy atom. The van der Waals surface area contributed by atoms with Gasteiger partial charge >= 0.3 is 0 Å². The molecule has 1 amide bonds. The van der Waals surface area contributed by atoms with Crippen LogP contribution >= 0.6 is 15.9 Å². The molecule has 0 unspecified atom stereocenters. The molecule has 1 N–H and O–H groups in total. The molecule has 2 aromatic rings. The van der Waals surface area contributed by atoms with Gasteiger partial charge < -0.3 is 5.32 Å². The molecule has 0 fully saturated rings. The van der Waals surface area contributed by atoms with Gasteiger partial charge in [0.05, 0.1) is 11.3 Å². The number of carbonyl (C=O) groups excluding carboxylic acids is 1. The van der Waals surface area contributed by atoms with Crippen molar-refractivity contribution in [3.63, 3.8) is 0 Å². The van der Waals surface area contributed by atoms with Crippen LogP contribution in [0.2, 0.25) is 0 Å². The second kappa shape index (κ2) is 5.59. The number of nitrogens with zero attached hydrogens (tertiary/aromatic N) is 2. The topological polar surface area (TPSA) is 65.8 Å². The molecular weight excluding hydrogens is 313 g/mol. The standard InChI is InChI=1S/C13H7BrFN3O/c14-9-4-5-10(8(6-9)7-16)18-13(19)11-2-1-3-12(15)17-11/h1-6H,(H,18,19). The molecule has 0 saturated heterocycles. The van der Waals surface area contributed by atoms with Gasteiger partial charge in [-0.1, -0.05) is 22.0 Å². The highest BCUT2D eigenvalue weighted by atomic mass is 79.9. The molecule has 1 heterocycles. The number of carbonyl (C=O) groups is 1. The second-order valence-electron chi connectivity index (χ2n) is 3.60. The normalized spacial score (nSPS) is 9.74. The molecule has 6 heteroatoms. The minimum absolute atomic E-state index is 0.0493. The lowest BCUT2D eigenvalue weighted by molar-refractivity contribution is 0.102. The Morgan fingerprint density at radius 2 is 2.16 bits per heavy atom. The van der Waals surface area contributed by atoms with E-state index in [2.05, 4.69) is 26.2 Å². The molecule has 1 aromatic carbocycles. The van der Waals surface area contributed by atoms with Crippen LogP contribution in [-0.4, -0.2) is 10.9 Å². The van der Waals surface area contributed by atoms with Crippen LogP contribution in [0.4, 0.5) is 10.1 Å². The number of anilines is 1. The largest absolute Gasteiger partial charge is 0.319 e. The van der Waals surface area contributed by atoms with Crippen LogP contribution in [0.5, 0.6) is 0 Å². The van der Waals surface area contributed by atoms with Crippen molar-refractivity contribution < 1.29 is 9.18 Å². The summed E-state index contributed by atoms with van der Waals surface area (Å²) in [6, 6.07) is 10.8. The molecule has 0 bridgehead atoms. The van der Waals surface area contributed by atoms with Crippen LogP contribution in [0.1, 0.15) is 16.1 Å². The average molecular weight is 320 g/mol. The number of benzene rings is 1. The summed E-state index contributed by atoms with van der Waals surface area (Å²) in [5.74, 6) is -1.30. The van der Waals surface area contributed by atoms with Gasteiger partial charge in [-0.05, 0) is 30.3 Å². The lowest BCUT2D eigenvalue weighted by Gasteiger charge is -2.06. The quantitative estimate of drug-likeness (QED) is 0.865. The fourth-order valence-electron chi connectivity index (χ4n) is 1.44. The van der Waals surface area contributed by atoms with E-state index in [-0.39, 0.29) is 5.69 Å². The summed E-state index contributed by atoms with van der Waals surface area (Å²) < 4.78 is 13.6. The summed E-state index contributed by atoms with van der Waals surface area (Å²) >= 11 is 3.23. The van der Waals surface area contributed by atoms with Gasteiger partial charge in [-0.3, -0.25) is 4.79 Å². The number of nitriles is 1. The molecule has 0 aliphatic rings. The lowest BCUT2D eigenvalue weighted by atomic mass is 10.2. The molecule has 19 heavy (non-hydrogen) atoms. The van der Waals surface area contributed by atoms with E-state index in [1.165, 1.54) is 12.1 Å². The van der Waals surface area contributed by atoms with Crippen molar-refractivity contribution in [3.8, 4) is 6.07 Å². The van der Waals surface area contributed by atoms with Gasteiger partial charge in [0.1, 0.15) is 11.8 Å². The van der Waals surface area contributed by atoms with Crippen molar-refractivity contribution in [1.82, 2.24) is 4.98 Å². The van der Waals surface area contributed by atoms with E-state index in [9.17, 15) is 9.18 Å². The van der Waals surface area contributed by atoms with Gasteiger partial charge in [0.25, 0.3) is 5.91 Å². The van der Waals surface area contributed by atoms with Gasteiger partial charge in [0, 0.05) is 4.47 Å². The molecule has 0 saturated carbocycles. The molecule has 94 valence electrons. The van der Waals surface area contributed by atoms with Crippen molar-refractivity contribution in [2.24, 2.45) is 0 Å². The second-order valence-corrected chi connectivity index (χ2v) is 4.52. The molecule has 0 aliphatic carbocycles. The zero-order valence-corrected chi connectivity index (χ0v) is 11.1. The zero-order chi connectivity index (χ0) is 13.8. The van der Waals surface area contributed by atoms with E-state index in [1.54, 1.807) is 18.2 Å². The maximum atomic E-state index is 12.9. The summed E-state index contributed by atoms with van der Waals surface area (Å²) in [7, 11) is 0. The molecule has 2 rings (SSSR count). The van der Waals surface area contributed by atoms with Gasteiger partial charge in [-0.15, -0.1) is 0 Å². The fourth-order valence-corrected chi connectivity index (χ4v) is 1.80. The summed E-state index contributed by atoms with van der Waals surface area (Å²) in [6.45, 7) is 0. The van der Waals surface area contributed by atoms with Gasteiger partial charge in [-0.25, -0.2) is 4.98 Å². The SMILES string of the molecule is N#Cc1cc(Br)ccc1NC(=O)c1cccc(F)n1. The van der Waals surface area contributed by atoms with Crippen molar-refractivity contribution in [1.29, 1.82) is 5.26 Å². The number of hydrogen-bond acceptors (Lipinski definition) is 3. The van der Waals surface area contributed by atoms with Crippen molar-refractivity contribution in [2.45, 2.75) is 0 Å². The highest BCUT2D eigenvalue weighted by molar-refractivity contribution is 9.10. The first-order valence-corrected chi connectivity index (χ1v) is 6.03. The molecule has 0 radical (unpaired) electrons. The van der Waals surface area contributed by atoms with Crippen LogP contribution in [0.3, 0.4) is 0 Å². The van der Waals surface area contributed by atoms with Crippen molar-refractivity contribution >= 4 is 27.5 Å². The lowest BCUT2D eigenvalue weighted by Crippen LogP contribution is -2.15. The maximum Gasteiger partial charge on any atom is 0.274 e. The van der Waals surface area contributed by atoms with E-state index < -0.39 is 11.9 Å². The van der Waals surface area contributed by atoms with E-state index in [1.807, 2.05) is 6.07 Å². The number of hydrogen-bond donors (Lipinski definition) is 1. The van der Waals surface area contributed by atoms with Crippen molar-refractivity contribution in [2.75, 3.05) is 5.32 Å². The van der Waals surface area contributed by atoms with Crippen molar-refractivity contribution in [3.05, 3.63) is 58.1 Å². The third kappa shape index (κ3) is 3.14. The first kappa shape index (κ1) is 13.2. The molecule has 4 nitrogen and oxygen atoms in total. The third-order valence-electron chi connectivity index (χ3n) is 2.30. The Kier molecular flexibility index (Phi) is 3.88. The number of amides is 1. The van der Waals surface area contributed by atoms with Gasteiger partial charge in [0.2, 0.25) is 5.95 Å². The first-order valence-electron chi connectivity index (χ1n) is 5.23. The van der Waals surface area contributed by atoms with Gasteiger partial charge in [0.15, 0.2) is 0 Å². The Morgan fingerprint density at radius 3 is 2.84 bits per heavy atom. The molecule has 1 aromatic heterocycles. The van der Waals surface area contributed by atoms with E-state index in [0.717, 1.165) is 10.5 Å². The number of halogens is 2. The number of aromatic nitrogens is 1. The number of pyridine rings is 1. The average Bonchev–Trinajstić information content (AvgIpc) is 2.40. The van der Waals surface area contributed by atoms with Crippen LogP contribution in [0.15, 0.2) is 40.9 Å². The Bertz CT molecular complexity index is 682. The number of rotatable bonds is 2. The summed E-state index contributed by atoms with van der Waals surface area (Å²) in [4.78, 5) is 15.3. The summed E-state index contributed by atoms with van der Waals surface area (Å²) in [6.07, 6.45) is 0. The maximum absolute atomic E-state index is 12.9. The van der Waals surface area contributed by atoms with Crippen LogP contribution in [-0.2, 0) is 0 Å². The van der Waals surface area contributed by atoms with Crippen LogP contribution in [0.25, 0.3) is 0 Å². The van der Waals surface area contributed by atoms with E-state index in [4.69, 9.17) is 5.26 Å². The fraction of sp³-hybridized carbons (Fsp3) is 0. The van der Waals surface area contributed by atoms with E-state index in [0.29, 0.717) is 11.3 Å². The predicted molar refractivity (Wildman–Crippen MR) is 71.0 cm³/mol. The zero-order valence-electron chi connectivity index (χ0n) is 9.52. The first-order chi connectivity index (χ1) is 9.10. The van der Waals surface area contributed by atoms with Gasteiger partial charge in [-0.2, -0.15) is 9.65 Å². The highest BCUT2D eigenvalue weighted by Gasteiger charge is 2.11. The number of nitrogens with one attached hydrogen (secondary N) is 1. The van der Waals surface area contributed by atoms with Crippen LogP contribution < -0.4 is 5.32 Å². The molecule has 0 aliphatic heterocycles. The third-order valence-corrected chi connectivity index (χ3v) is 2.79. The van der Waals surface area contributed by atoms with E-state index >= 15 is 0 Å². The minimum Gasteiger partial charge on any atom is -0.319 e. The smallest absolute Gasteiger partial charge is 0.274 e. The Labute approximate surface area is 117 Å². The van der Waals surface area contributed by atoms with Crippen LogP contribution in [0, 0.1) is 17.3 Å². The highest BCUT2D eigenvalue weighted by Crippen LogP contribution is 2.20. The monoisotopic (exact) mass is 319 g/mol. The Hall–Kier alpha value is -2.26. The summed E-state index contributed by atoms with van der Waals surface area (Å²) in [5, 5.41) is 11.5. The predicted octanol–water partition coefficient (Wildman–Crippen LogP) is 3.11. The Balaban J connectivity index is 2.27. The molecule has 0 atom stereocenters. The molecular formula is C13H7BrFN3O. The minimum atomic E-state index is -0.732. The molecule has 0 spiro atoms.